The minimum atomic E-state index is 0.0430. The van der Waals surface area contributed by atoms with Gasteiger partial charge in [0.15, 0.2) is 0 Å². The number of carbonyl (C=O) groups is 1. The first kappa shape index (κ1) is 17.1. The van der Waals surface area contributed by atoms with Gasteiger partial charge in [-0.05, 0) is 49.2 Å². The summed E-state index contributed by atoms with van der Waals surface area (Å²) >= 11 is 0. The van der Waals surface area contributed by atoms with Gasteiger partial charge in [-0.1, -0.05) is 0 Å². The van der Waals surface area contributed by atoms with Crippen LogP contribution in [-0.4, -0.2) is 76.9 Å². The molecule has 0 aromatic carbocycles. The highest BCUT2D eigenvalue weighted by atomic mass is 16.2. The van der Waals surface area contributed by atoms with Crippen molar-refractivity contribution in [3.05, 3.63) is 18.0 Å². The molecule has 1 unspecified atom stereocenters. The number of piperidine rings is 1. The summed E-state index contributed by atoms with van der Waals surface area (Å²) in [6.45, 7) is 4.78. The van der Waals surface area contributed by atoms with Crippen LogP contribution in [0.2, 0.25) is 0 Å². The van der Waals surface area contributed by atoms with E-state index in [1.165, 1.54) is 23.9 Å². The van der Waals surface area contributed by atoms with Gasteiger partial charge in [0.05, 0.1) is 6.54 Å². The maximum Gasteiger partial charge on any atom is 0.244 e. The smallest absolute Gasteiger partial charge is 0.244 e. The third kappa shape index (κ3) is 3.59. The molecule has 0 spiro atoms. The van der Waals surface area contributed by atoms with Crippen molar-refractivity contribution in [1.82, 2.24) is 44.8 Å². The predicted molar refractivity (Wildman–Crippen MR) is 91.9 cm³/mol. The Kier molecular flexibility index (Phi) is 4.91. The Hall–Kier alpha value is -2.36. The fourth-order valence-electron chi connectivity index (χ4n) is 3.91. The van der Waals surface area contributed by atoms with E-state index in [1.54, 1.807) is 0 Å². The van der Waals surface area contributed by atoms with E-state index in [2.05, 4.69) is 35.2 Å². The van der Waals surface area contributed by atoms with Crippen LogP contribution in [0.3, 0.4) is 0 Å². The van der Waals surface area contributed by atoms with Gasteiger partial charge >= 0.3 is 0 Å². The molecule has 0 N–H and O–H groups in total. The number of rotatable bonds is 5. The van der Waals surface area contributed by atoms with E-state index in [9.17, 15) is 4.79 Å². The fourth-order valence-corrected chi connectivity index (χ4v) is 3.91. The van der Waals surface area contributed by atoms with Crippen molar-refractivity contribution in [3.8, 4) is 0 Å². The number of carbonyl (C=O) groups excluding carboxylic acids is 1. The van der Waals surface area contributed by atoms with Gasteiger partial charge in [0.2, 0.25) is 5.91 Å². The molecule has 1 atom stereocenters. The highest BCUT2D eigenvalue weighted by Gasteiger charge is 2.29. The maximum atomic E-state index is 12.5. The van der Waals surface area contributed by atoms with Gasteiger partial charge in [-0.25, -0.2) is 4.68 Å². The Bertz CT molecular complexity index is 735. The van der Waals surface area contributed by atoms with Gasteiger partial charge in [0.1, 0.15) is 24.5 Å². The highest BCUT2D eigenvalue weighted by molar-refractivity contribution is 5.76. The number of amides is 1. The van der Waals surface area contributed by atoms with Gasteiger partial charge < -0.3 is 9.47 Å². The van der Waals surface area contributed by atoms with Crippen LogP contribution in [-0.2, 0) is 24.9 Å². The van der Waals surface area contributed by atoms with Crippen LogP contribution in [0.25, 0.3) is 0 Å². The predicted octanol–water partition coefficient (Wildman–Crippen LogP) is -0.196. The second kappa shape index (κ2) is 7.48. The molecule has 0 radical (unpaired) electrons. The van der Waals surface area contributed by atoms with Gasteiger partial charge in [-0.3, -0.25) is 9.69 Å². The summed E-state index contributed by atoms with van der Waals surface area (Å²) in [4.78, 5) is 16.8. The monoisotopic (exact) mass is 359 g/mol. The van der Waals surface area contributed by atoms with Gasteiger partial charge in [-0.2, -0.15) is 0 Å². The number of aromatic nitrogens is 7. The van der Waals surface area contributed by atoms with Crippen LogP contribution in [0.15, 0.2) is 6.33 Å². The van der Waals surface area contributed by atoms with Crippen LogP contribution in [0, 0.1) is 0 Å². The molecule has 140 valence electrons. The number of likely N-dealkylation sites (tertiary alicyclic amines) is 2. The lowest BCUT2D eigenvalue weighted by atomic mass is 9.97. The fraction of sp³-hybridized carbons (Fsp3) is 0.750. The Labute approximate surface area is 152 Å². The Morgan fingerprint density at radius 2 is 2.04 bits per heavy atom. The summed E-state index contributed by atoms with van der Waals surface area (Å²) in [5.74, 6) is 2.27. The molecular weight excluding hydrogens is 334 g/mol. The molecule has 4 rings (SSSR count). The van der Waals surface area contributed by atoms with Crippen LogP contribution < -0.4 is 0 Å². The Morgan fingerprint density at radius 1 is 1.19 bits per heavy atom. The molecule has 10 nitrogen and oxygen atoms in total. The van der Waals surface area contributed by atoms with Crippen LogP contribution in [0.5, 0.6) is 0 Å². The summed E-state index contributed by atoms with van der Waals surface area (Å²) in [5.41, 5.74) is 0. The molecule has 2 aromatic rings. The molecule has 2 aliphatic rings. The first-order valence-electron chi connectivity index (χ1n) is 9.30. The van der Waals surface area contributed by atoms with Crippen molar-refractivity contribution in [2.45, 2.75) is 44.7 Å². The molecule has 2 saturated heterocycles. The summed E-state index contributed by atoms with van der Waals surface area (Å²) < 4.78 is 3.58. The Balaban J connectivity index is 1.41. The maximum absolute atomic E-state index is 12.5. The van der Waals surface area contributed by atoms with Crippen LogP contribution in [0.1, 0.15) is 43.3 Å². The normalized spacial score (nSPS) is 21.4. The lowest BCUT2D eigenvalue weighted by molar-refractivity contribution is -0.133. The standard InChI is InChI=1S/C16H25N9O/c1-22-14(10-23-6-2-3-7-23)18-19-16(22)13-5-4-8-24(9-13)15(26)11-25-12-17-20-21-25/h12-13H,2-11H2,1H3. The van der Waals surface area contributed by atoms with Gasteiger partial charge in [0, 0.05) is 26.1 Å². The van der Waals surface area contributed by atoms with Crippen molar-refractivity contribution in [3.63, 3.8) is 0 Å². The molecule has 0 bridgehead atoms. The SMILES string of the molecule is Cn1c(CN2CCCC2)nnc1C1CCCN(C(=O)Cn2cnnn2)C1. The topological polar surface area (TPSA) is 97.9 Å². The van der Waals surface area contributed by atoms with E-state index in [1.807, 2.05) is 11.9 Å². The first-order chi connectivity index (χ1) is 12.7. The van der Waals surface area contributed by atoms with E-state index < -0.39 is 0 Å². The average Bonchev–Trinajstić information content (AvgIpc) is 3.40. The number of tetrazole rings is 1. The van der Waals surface area contributed by atoms with E-state index >= 15 is 0 Å². The van der Waals surface area contributed by atoms with Crippen LogP contribution in [0.4, 0.5) is 0 Å². The van der Waals surface area contributed by atoms with Crippen molar-refractivity contribution in [2.24, 2.45) is 7.05 Å². The molecule has 0 saturated carbocycles. The zero-order valence-corrected chi connectivity index (χ0v) is 15.2. The Morgan fingerprint density at radius 3 is 2.81 bits per heavy atom. The number of nitrogens with zero attached hydrogens (tertiary/aromatic N) is 9. The molecule has 10 heteroatoms. The van der Waals surface area contributed by atoms with Gasteiger partial charge in [0.25, 0.3) is 0 Å². The molecular formula is C16H25N9O. The van der Waals surface area contributed by atoms with Gasteiger partial charge in [-0.15, -0.1) is 15.3 Å². The minimum absolute atomic E-state index is 0.0430. The summed E-state index contributed by atoms with van der Waals surface area (Å²) in [5, 5.41) is 19.8. The molecule has 26 heavy (non-hydrogen) atoms. The summed E-state index contributed by atoms with van der Waals surface area (Å²) in [6.07, 6.45) is 6.01. The second-order valence-corrected chi connectivity index (χ2v) is 7.20. The largest absolute Gasteiger partial charge is 0.340 e. The van der Waals surface area contributed by atoms with E-state index in [4.69, 9.17) is 0 Å². The lowest BCUT2D eigenvalue weighted by Gasteiger charge is -2.32. The second-order valence-electron chi connectivity index (χ2n) is 7.20. The lowest BCUT2D eigenvalue weighted by Crippen LogP contribution is -2.41. The molecule has 4 heterocycles. The summed E-state index contributed by atoms with van der Waals surface area (Å²) in [7, 11) is 2.04. The average molecular weight is 359 g/mol. The number of hydrogen-bond acceptors (Lipinski definition) is 7. The van der Waals surface area contributed by atoms with E-state index in [0.717, 1.165) is 50.7 Å². The molecule has 2 aliphatic heterocycles. The molecule has 2 aromatic heterocycles. The summed E-state index contributed by atoms with van der Waals surface area (Å²) in [6, 6.07) is 0. The van der Waals surface area contributed by atoms with Crippen molar-refractivity contribution in [1.29, 1.82) is 0 Å². The zero-order chi connectivity index (χ0) is 17.9. The van der Waals surface area contributed by atoms with Crippen molar-refractivity contribution >= 4 is 5.91 Å². The zero-order valence-electron chi connectivity index (χ0n) is 15.2. The van der Waals surface area contributed by atoms with Crippen LogP contribution >= 0.6 is 0 Å². The molecule has 1 amide bonds. The van der Waals surface area contributed by atoms with E-state index in [-0.39, 0.29) is 18.4 Å². The number of hydrogen-bond donors (Lipinski definition) is 0. The molecule has 2 fully saturated rings. The molecule has 0 aliphatic carbocycles. The van der Waals surface area contributed by atoms with E-state index in [0.29, 0.717) is 6.54 Å². The quantitative estimate of drug-likeness (QED) is 0.729. The third-order valence-corrected chi connectivity index (χ3v) is 5.39. The minimum Gasteiger partial charge on any atom is -0.340 e. The first-order valence-corrected chi connectivity index (χ1v) is 9.30. The van der Waals surface area contributed by atoms with Crippen molar-refractivity contribution in [2.75, 3.05) is 26.2 Å². The van der Waals surface area contributed by atoms with Crippen molar-refractivity contribution < 1.29 is 4.79 Å². The highest BCUT2D eigenvalue weighted by Crippen LogP contribution is 2.26. The third-order valence-electron chi connectivity index (χ3n) is 5.39.